The van der Waals surface area contributed by atoms with E-state index in [2.05, 4.69) is 23.7 Å². The Morgan fingerprint density at radius 2 is 2.00 bits per heavy atom. The van der Waals surface area contributed by atoms with Gasteiger partial charge in [0.05, 0.1) is 10.9 Å². The molecule has 6 nitrogen and oxygen atoms in total. The summed E-state index contributed by atoms with van der Waals surface area (Å²) >= 11 is 1.56. The summed E-state index contributed by atoms with van der Waals surface area (Å²) in [4.78, 5) is 17.5. The van der Waals surface area contributed by atoms with Gasteiger partial charge in [0.15, 0.2) is 16.7 Å². The molecule has 2 aromatic rings. The van der Waals surface area contributed by atoms with Crippen molar-refractivity contribution in [1.29, 1.82) is 0 Å². The van der Waals surface area contributed by atoms with Gasteiger partial charge in [-0.05, 0) is 51.3 Å². The molecule has 0 unspecified atom stereocenters. The Hall–Kier alpha value is -2.15. The number of imidazole rings is 1. The minimum atomic E-state index is -0.215. The van der Waals surface area contributed by atoms with Crippen molar-refractivity contribution in [3.63, 3.8) is 0 Å². The molecule has 1 amide bonds. The largest absolute Gasteiger partial charge is 0.454 e. The summed E-state index contributed by atoms with van der Waals surface area (Å²) in [5.41, 5.74) is 3.29. The highest BCUT2D eigenvalue weighted by atomic mass is 32.2. The van der Waals surface area contributed by atoms with E-state index in [1.165, 1.54) is 37.8 Å². The molecule has 1 saturated carbocycles. The number of rotatable bonds is 6. The number of hydrogen-bond donors (Lipinski definition) is 1. The fraction of sp³-hybridized carbons (Fsp3) is 0.545. The van der Waals surface area contributed by atoms with Gasteiger partial charge in [-0.15, -0.1) is 0 Å². The standard InChI is InChI=1S/C22H29N3O3S/c1-14-15(2)25(18-7-5-4-6-8-18)22(24-14)29-16(3)21(26)23-12-17-9-10-19-20(11-17)28-13-27-19/h9-11,16,18H,4-8,12-13H2,1-3H3,(H,23,26)/t16-/m1/s1. The van der Waals surface area contributed by atoms with E-state index in [1.807, 2.05) is 25.1 Å². The molecule has 4 rings (SSSR count). The summed E-state index contributed by atoms with van der Waals surface area (Å²) in [6.07, 6.45) is 6.28. The quantitative estimate of drug-likeness (QED) is 0.702. The summed E-state index contributed by atoms with van der Waals surface area (Å²) in [5, 5.41) is 3.79. The number of aryl methyl sites for hydroxylation is 1. The van der Waals surface area contributed by atoms with Crippen LogP contribution in [0.5, 0.6) is 11.5 Å². The van der Waals surface area contributed by atoms with E-state index in [1.54, 1.807) is 11.8 Å². The zero-order chi connectivity index (χ0) is 20.4. The van der Waals surface area contributed by atoms with Gasteiger partial charge in [-0.1, -0.05) is 37.1 Å². The second kappa shape index (κ2) is 8.69. The van der Waals surface area contributed by atoms with Gasteiger partial charge in [-0.25, -0.2) is 4.98 Å². The van der Waals surface area contributed by atoms with E-state index in [0.717, 1.165) is 27.9 Å². The number of benzene rings is 1. The molecule has 0 radical (unpaired) electrons. The summed E-state index contributed by atoms with van der Waals surface area (Å²) in [5.74, 6) is 1.50. The summed E-state index contributed by atoms with van der Waals surface area (Å²) in [7, 11) is 0. The maximum absolute atomic E-state index is 12.7. The van der Waals surface area contributed by atoms with Crippen LogP contribution < -0.4 is 14.8 Å². The molecule has 0 spiro atoms. The van der Waals surface area contributed by atoms with Crippen molar-refractivity contribution in [2.45, 2.75) is 75.9 Å². The van der Waals surface area contributed by atoms with E-state index in [4.69, 9.17) is 14.5 Å². The maximum Gasteiger partial charge on any atom is 0.233 e. The predicted molar refractivity (Wildman–Crippen MR) is 114 cm³/mol. The molecule has 29 heavy (non-hydrogen) atoms. The highest BCUT2D eigenvalue weighted by Crippen LogP contribution is 2.35. The lowest BCUT2D eigenvalue weighted by molar-refractivity contribution is -0.120. The number of nitrogens with one attached hydrogen (secondary N) is 1. The number of aromatic nitrogens is 2. The van der Waals surface area contributed by atoms with E-state index in [9.17, 15) is 4.79 Å². The van der Waals surface area contributed by atoms with E-state index in [-0.39, 0.29) is 18.0 Å². The van der Waals surface area contributed by atoms with Crippen molar-refractivity contribution in [1.82, 2.24) is 14.9 Å². The Balaban J connectivity index is 1.39. The molecule has 1 atom stereocenters. The summed E-state index contributed by atoms with van der Waals surface area (Å²) in [6.45, 7) is 6.87. The Morgan fingerprint density at radius 3 is 2.79 bits per heavy atom. The first kappa shape index (κ1) is 20.1. The third-order valence-electron chi connectivity index (χ3n) is 5.85. The lowest BCUT2D eigenvalue weighted by atomic mass is 9.95. The SMILES string of the molecule is Cc1nc(S[C@H](C)C(=O)NCc2ccc3c(c2)OCO3)n(C2CCCCC2)c1C. The van der Waals surface area contributed by atoms with E-state index < -0.39 is 0 Å². The zero-order valence-electron chi connectivity index (χ0n) is 17.4. The number of ether oxygens (including phenoxy) is 2. The molecule has 2 aliphatic rings. The first-order chi connectivity index (χ1) is 14.0. The molecule has 1 aromatic carbocycles. The molecule has 1 N–H and O–H groups in total. The average Bonchev–Trinajstić information content (AvgIpc) is 3.30. The molecular weight excluding hydrogens is 386 g/mol. The molecule has 1 aromatic heterocycles. The van der Waals surface area contributed by atoms with Crippen molar-refractivity contribution in [3.8, 4) is 11.5 Å². The third-order valence-corrected chi connectivity index (χ3v) is 6.92. The van der Waals surface area contributed by atoms with Gasteiger partial charge in [0.1, 0.15) is 0 Å². The van der Waals surface area contributed by atoms with Gasteiger partial charge in [0, 0.05) is 18.3 Å². The maximum atomic E-state index is 12.7. The topological polar surface area (TPSA) is 65.4 Å². The minimum Gasteiger partial charge on any atom is -0.454 e. The molecule has 156 valence electrons. The van der Waals surface area contributed by atoms with Gasteiger partial charge < -0.3 is 19.4 Å². The highest BCUT2D eigenvalue weighted by molar-refractivity contribution is 8.00. The number of carbonyl (C=O) groups is 1. The predicted octanol–water partition coefficient (Wildman–Crippen LogP) is 4.53. The number of fused-ring (bicyclic) bond motifs is 1. The monoisotopic (exact) mass is 415 g/mol. The Labute approximate surface area is 176 Å². The van der Waals surface area contributed by atoms with E-state index >= 15 is 0 Å². The van der Waals surface area contributed by atoms with Crippen LogP contribution in [0.2, 0.25) is 0 Å². The van der Waals surface area contributed by atoms with Gasteiger partial charge >= 0.3 is 0 Å². The minimum absolute atomic E-state index is 0.0150. The van der Waals surface area contributed by atoms with Crippen LogP contribution in [-0.2, 0) is 11.3 Å². The van der Waals surface area contributed by atoms with Crippen LogP contribution in [0.25, 0.3) is 0 Å². The van der Waals surface area contributed by atoms with Gasteiger partial charge in [0.2, 0.25) is 12.7 Å². The number of thioether (sulfide) groups is 1. The molecule has 1 aliphatic heterocycles. The molecule has 2 heterocycles. The summed E-state index contributed by atoms with van der Waals surface area (Å²) < 4.78 is 13.1. The second-order valence-electron chi connectivity index (χ2n) is 7.89. The first-order valence-corrected chi connectivity index (χ1v) is 11.3. The van der Waals surface area contributed by atoms with Crippen LogP contribution in [0, 0.1) is 13.8 Å². The molecule has 0 saturated heterocycles. The fourth-order valence-electron chi connectivity index (χ4n) is 4.04. The van der Waals surface area contributed by atoms with Crippen molar-refractivity contribution in [3.05, 3.63) is 35.2 Å². The molecule has 1 fully saturated rings. The first-order valence-electron chi connectivity index (χ1n) is 10.4. The van der Waals surface area contributed by atoms with Crippen molar-refractivity contribution in [2.75, 3.05) is 6.79 Å². The van der Waals surface area contributed by atoms with E-state index in [0.29, 0.717) is 12.6 Å². The fourth-order valence-corrected chi connectivity index (χ4v) is 5.14. The smallest absolute Gasteiger partial charge is 0.233 e. The second-order valence-corrected chi connectivity index (χ2v) is 9.20. The van der Waals surface area contributed by atoms with Crippen LogP contribution in [-0.4, -0.2) is 27.5 Å². The van der Waals surface area contributed by atoms with Gasteiger partial charge in [0.25, 0.3) is 0 Å². The van der Waals surface area contributed by atoms with Crippen LogP contribution in [0.1, 0.15) is 62.0 Å². The molecule has 0 bridgehead atoms. The number of nitrogens with zero attached hydrogens (tertiary/aromatic N) is 2. The normalized spacial score (nSPS) is 17.3. The number of carbonyl (C=O) groups excluding carboxylic acids is 1. The van der Waals surface area contributed by atoms with Crippen LogP contribution >= 0.6 is 11.8 Å². The lowest BCUT2D eigenvalue weighted by Crippen LogP contribution is -2.30. The number of amides is 1. The Kier molecular flexibility index (Phi) is 6.04. The molecule has 1 aliphatic carbocycles. The Morgan fingerprint density at radius 1 is 1.24 bits per heavy atom. The molecule has 7 heteroatoms. The van der Waals surface area contributed by atoms with Crippen LogP contribution in [0.15, 0.2) is 23.4 Å². The highest BCUT2D eigenvalue weighted by Gasteiger charge is 2.25. The van der Waals surface area contributed by atoms with Crippen LogP contribution in [0.3, 0.4) is 0 Å². The zero-order valence-corrected chi connectivity index (χ0v) is 18.2. The van der Waals surface area contributed by atoms with Gasteiger partial charge in [-0.2, -0.15) is 0 Å². The lowest BCUT2D eigenvalue weighted by Gasteiger charge is -2.26. The van der Waals surface area contributed by atoms with Gasteiger partial charge in [-0.3, -0.25) is 4.79 Å². The Bertz CT molecular complexity index is 890. The van der Waals surface area contributed by atoms with Crippen LogP contribution in [0.4, 0.5) is 0 Å². The average molecular weight is 416 g/mol. The summed E-state index contributed by atoms with van der Waals surface area (Å²) in [6, 6.07) is 6.27. The molecular formula is C22H29N3O3S. The van der Waals surface area contributed by atoms with Crippen molar-refractivity contribution >= 4 is 17.7 Å². The third kappa shape index (κ3) is 4.39. The number of hydrogen-bond acceptors (Lipinski definition) is 5. The van der Waals surface area contributed by atoms with Crippen molar-refractivity contribution < 1.29 is 14.3 Å². The van der Waals surface area contributed by atoms with Crippen molar-refractivity contribution in [2.24, 2.45) is 0 Å².